The molecule has 152 valence electrons. The van der Waals surface area contributed by atoms with Crippen molar-refractivity contribution in [2.45, 2.75) is 38.8 Å². The minimum Gasteiger partial charge on any atom is -0.341 e. The number of piperidine rings is 2. The van der Waals surface area contributed by atoms with Gasteiger partial charge in [-0.3, -0.25) is 19.1 Å². The Labute approximate surface area is 169 Å². The van der Waals surface area contributed by atoms with Gasteiger partial charge in [-0.25, -0.2) is 9.78 Å². The van der Waals surface area contributed by atoms with E-state index in [1.165, 1.54) is 10.8 Å². The van der Waals surface area contributed by atoms with Gasteiger partial charge in [0.2, 0.25) is 11.8 Å². The second-order valence-electron chi connectivity index (χ2n) is 7.98. The maximum Gasteiger partial charge on any atom is 0.347 e. The smallest absolute Gasteiger partial charge is 0.341 e. The van der Waals surface area contributed by atoms with E-state index in [0.717, 1.165) is 25.0 Å². The molecule has 1 spiro atoms. The van der Waals surface area contributed by atoms with Gasteiger partial charge in [0.25, 0.3) is 0 Å². The van der Waals surface area contributed by atoms with Crippen molar-refractivity contribution in [2.24, 2.45) is 5.41 Å². The lowest BCUT2D eigenvalue weighted by Gasteiger charge is -2.47. The molecule has 0 atom stereocenters. The Morgan fingerprint density at radius 3 is 2.55 bits per heavy atom. The van der Waals surface area contributed by atoms with E-state index in [-0.39, 0.29) is 23.8 Å². The molecule has 2 aliphatic heterocycles. The van der Waals surface area contributed by atoms with Gasteiger partial charge in [0.15, 0.2) is 0 Å². The molecule has 0 aliphatic carbocycles. The van der Waals surface area contributed by atoms with Gasteiger partial charge in [-0.2, -0.15) is 0 Å². The van der Waals surface area contributed by atoms with Crippen LogP contribution in [0.1, 0.15) is 31.4 Å². The Morgan fingerprint density at radius 2 is 1.83 bits per heavy atom. The summed E-state index contributed by atoms with van der Waals surface area (Å²) in [5.41, 5.74) is 0.544. The Bertz CT molecular complexity index is 935. The van der Waals surface area contributed by atoms with E-state index in [0.29, 0.717) is 32.6 Å². The van der Waals surface area contributed by atoms with Crippen LogP contribution in [-0.4, -0.2) is 55.8 Å². The second kappa shape index (κ2) is 8.14. The summed E-state index contributed by atoms with van der Waals surface area (Å²) in [6.45, 7) is 2.57. The third-order valence-corrected chi connectivity index (χ3v) is 6.09. The maximum atomic E-state index is 12.6. The van der Waals surface area contributed by atoms with Gasteiger partial charge in [0.1, 0.15) is 6.54 Å². The molecule has 2 aromatic rings. The summed E-state index contributed by atoms with van der Waals surface area (Å²) in [4.78, 5) is 48.5. The first kappa shape index (κ1) is 19.3. The highest BCUT2D eigenvalue weighted by Crippen LogP contribution is 2.40. The molecule has 2 amide bonds. The lowest BCUT2D eigenvalue weighted by molar-refractivity contribution is -0.143. The maximum absolute atomic E-state index is 12.6. The van der Waals surface area contributed by atoms with Crippen LogP contribution in [0.4, 0.5) is 0 Å². The second-order valence-corrected chi connectivity index (χ2v) is 7.98. The first-order valence-electron chi connectivity index (χ1n) is 10.0. The van der Waals surface area contributed by atoms with Gasteiger partial charge < -0.3 is 9.80 Å². The Morgan fingerprint density at radius 1 is 1.03 bits per heavy atom. The van der Waals surface area contributed by atoms with Crippen LogP contribution in [-0.2, 0) is 22.7 Å². The lowest BCUT2D eigenvalue weighted by atomic mass is 9.72. The molecule has 8 heteroatoms. The molecule has 29 heavy (non-hydrogen) atoms. The van der Waals surface area contributed by atoms with Crippen LogP contribution in [0.2, 0.25) is 0 Å². The molecule has 2 aromatic heterocycles. The predicted molar refractivity (Wildman–Crippen MR) is 106 cm³/mol. The van der Waals surface area contributed by atoms with Crippen molar-refractivity contribution in [3.05, 3.63) is 59.0 Å². The normalized spacial score (nSPS) is 18.8. The molecule has 0 unspecified atom stereocenters. The van der Waals surface area contributed by atoms with E-state index >= 15 is 0 Å². The number of likely N-dealkylation sites (tertiary alicyclic amines) is 2. The Hall–Kier alpha value is -3.03. The molecule has 0 bridgehead atoms. The van der Waals surface area contributed by atoms with Crippen LogP contribution in [0.3, 0.4) is 0 Å². The number of pyridine rings is 1. The number of hydrogen-bond acceptors (Lipinski definition) is 5. The lowest BCUT2D eigenvalue weighted by Crippen LogP contribution is -2.52. The summed E-state index contributed by atoms with van der Waals surface area (Å²) < 4.78 is 1.33. The number of rotatable bonds is 4. The Balaban J connectivity index is 1.36. The highest BCUT2D eigenvalue weighted by atomic mass is 16.2. The molecule has 2 aliphatic rings. The van der Waals surface area contributed by atoms with E-state index in [1.54, 1.807) is 18.5 Å². The monoisotopic (exact) mass is 395 g/mol. The molecule has 4 heterocycles. The van der Waals surface area contributed by atoms with E-state index in [9.17, 15) is 14.4 Å². The topological polar surface area (TPSA) is 88.4 Å². The van der Waals surface area contributed by atoms with Crippen molar-refractivity contribution in [1.82, 2.24) is 24.3 Å². The van der Waals surface area contributed by atoms with Gasteiger partial charge in [-0.05, 0) is 42.9 Å². The minimum absolute atomic E-state index is 0.0178. The van der Waals surface area contributed by atoms with E-state index < -0.39 is 5.69 Å². The number of carbonyl (C=O) groups is 2. The van der Waals surface area contributed by atoms with Crippen LogP contribution >= 0.6 is 0 Å². The van der Waals surface area contributed by atoms with Crippen molar-refractivity contribution >= 4 is 11.8 Å². The zero-order chi connectivity index (χ0) is 20.3. The molecule has 8 nitrogen and oxygen atoms in total. The van der Waals surface area contributed by atoms with Crippen molar-refractivity contribution < 1.29 is 9.59 Å². The summed E-state index contributed by atoms with van der Waals surface area (Å²) >= 11 is 0. The van der Waals surface area contributed by atoms with Crippen LogP contribution < -0.4 is 5.69 Å². The van der Waals surface area contributed by atoms with Crippen LogP contribution in [0.25, 0.3) is 0 Å². The summed E-state index contributed by atoms with van der Waals surface area (Å²) in [6, 6.07) is 7.39. The largest absolute Gasteiger partial charge is 0.347 e. The van der Waals surface area contributed by atoms with E-state index in [2.05, 4.69) is 9.97 Å². The molecular weight excluding hydrogens is 370 g/mol. The van der Waals surface area contributed by atoms with Gasteiger partial charge in [-0.1, -0.05) is 6.07 Å². The fraction of sp³-hybridized carbons (Fsp3) is 0.476. The summed E-state index contributed by atoms with van der Waals surface area (Å²) in [5.74, 6) is 0.114. The molecule has 0 radical (unpaired) electrons. The molecule has 2 fully saturated rings. The van der Waals surface area contributed by atoms with Gasteiger partial charge >= 0.3 is 5.69 Å². The highest BCUT2D eigenvalue weighted by Gasteiger charge is 2.41. The van der Waals surface area contributed by atoms with Gasteiger partial charge in [-0.15, -0.1) is 0 Å². The zero-order valence-electron chi connectivity index (χ0n) is 16.4. The van der Waals surface area contributed by atoms with Gasteiger partial charge in [0.05, 0.1) is 12.2 Å². The van der Waals surface area contributed by atoms with Crippen molar-refractivity contribution in [2.75, 3.05) is 19.6 Å². The molecule has 0 aromatic carbocycles. The van der Waals surface area contributed by atoms with Crippen molar-refractivity contribution in [1.29, 1.82) is 0 Å². The highest BCUT2D eigenvalue weighted by molar-refractivity contribution is 5.77. The summed E-state index contributed by atoms with van der Waals surface area (Å²) in [7, 11) is 0. The summed E-state index contributed by atoms with van der Waals surface area (Å²) in [5, 5.41) is 0. The quantitative estimate of drug-likeness (QED) is 0.773. The van der Waals surface area contributed by atoms with Crippen LogP contribution in [0.5, 0.6) is 0 Å². The molecular formula is C21H25N5O3. The number of aromatic nitrogens is 3. The third kappa shape index (κ3) is 4.36. The molecule has 4 rings (SSSR count). The molecule has 0 N–H and O–H groups in total. The fourth-order valence-corrected chi connectivity index (χ4v) is 4.33. The SMILES string of the molecule is O=C(Cn1cccnc1=O)N1CCC2(CCC(=O)N(Cc3ccccn3)C2)CC1. The zero-order valence-corrected chi connectivity index (χ0v) is 16.4. The van der Waals surface area contributed by atoms with Crippen LogP contribution in [0, 0.1) is 5.41 Å². The number of nitrogens with zero attached hydrogens (tertiary/aromatic N) is 5. The van der Waals surface area contributed by atoms with Gasteiger partial charge in [0, 0.05) is 44.6 Å². The minimum atomic E-state index is -0.412. The number of hydrogen-bond donors (Lipinski definition) is 0. The standard InChI is InChI=1S/C21H25N5O3/c27-18-5-6-21(16-26(18)14-17-4-1-2-9-22-17)7-12-24(13-8-21)19(28)15-25-11-3-10-23-20(25)29/h1-4,9-11H,5-8,12-16H2. The number of carbonyl (C=O) groups excluding carboxylic acids is 2. The Kier molecular flexibility index (Phi) is 5.42. The van der Waals surface area contributed by atoms with E-state index in [1.807, 2.05) is 28.0 Å². The van der Waals surface area contributed by atoms with Crippen LogP contribution in [0.15, 0.2) is 47.7 Å². The average molecular weight is 395 g/mol. The van der Waals surface area contributed by atoms with Crippen molar-refractivity contribution in [3.8, 4) is 0 Å². The predicted octanol–water partition coefficient (Wildman–Crippen LogP) is 1.07. The van der Waals surface area contributed by atoms with Crippen molar-refractivity contribution in [3.63, 3.8) is 0 Å². The summed E-state index contributed by atoms with van der Waals surface area (Å²) in [6.07, 6.45) is 7.91. The average Bonchev–Trinajstić information content (AvgIpc) is 2.74. The van der Waals surface area contributed by atoms with E-state index in [4.69, 9.17) is 0 Å². The number of amides is 2. The third-order valence-electron chi connectivity index (χ3n) is 6.09. The molecule has 0 saturated carbocycles. The first-order chi connectivity index (χ1) is 14.0. The fourth-order valence-electron chi connectivity index (χ4n) is 4.33. The molecule has 2 saturated heterocycles. The first-order valence-corrected chi connectivity index (χ1v) is 10.0.